The second-order valence-electron chi connectivity index (χ2n) is 8.09. The van der Waals surface area contributed by atoms with E-state index in [1.165, 1.54) is 10.6 Å². The molecule has 0 aliphatic carbocycles. The summed E-state index contributed by atoms with van der Waals surface area (Å²) in [6.07, 6.45) is 3.08. The SMILES string of the molecule is CS(=O)(=O)N1CCC(CC(=O)NCC(F)(F)F)(n2cc(-c3ncnc4[nH]ccc34)cn2)CC1. The van der Waals surface area contributed by atoms with Gasteiger partial charge in [-0.25, -0.2) is 22.7 Å². The summed E-state index contributed by atoms with van der Waals surface area (Å²) in [5, 5.41) is 7.07. The molecule has 0 saturated carbocycles. The first-order valence-corrected chi connectivity index (χ1v) is 11.9. The fourth-order valence-corrected chi connectivity index (χ4v) is 4.93. The number of halogens is 3. The summed E-state index contributed by atoms with van der Waals surface area (Å²) in [6, 6.07) is 1.81. The molecule has 178 valence electrons. The van der Waals surface area contributed by atoms with Gasteiger partial charge < -0.3 is 10.3 Å². The van der Waals surface area contributed by atoms with Gasteiger partial charge in [0, 0.05) is 36.4 Å². The largest absolute Gasteiger partial charge is 0.405 e. The fourth-order valence-electron chi connectivity index (χ4n) is 4.09. The molecule has 10 nitrogen and oxygen atoms in total. The molecule has 0 spiro atoms. The quantitative estimate of drug-likeness (QED) is 0.547. The molecule has 2 N–H and O–H groups in total. The monoisotopic (exact) mass is 485 g/mol. The molecule has 3 aromatic rings. The number of piperidine rings is 1. The van der Waals surface area contributed by atoms with Crippen LogP contribution in [0, 0.1) is 0 Å². The molecule has 4 heterocycles. The van der Waals surface area contributed by atoms with E-state index in [9.17, 15) is 26.4 Å². The maximum absolute atomic E-state index is 12.6. The number of hydrogen-bond donors (Lipinski definition) is 2. The van der Waals surface area contributed by atoms with E-state index in [2.05, 4.69) is 20.1 Å². The molecule has 0 aromatic carbocycles. The number of carbonyl (C=O) groups excluding carboxylic acids is 1. The Morgan fingerprint density at radius 1 is 1.27 bits per heavy atom. The molecule has 1 aliphatic rings. The predicted molar refractivity (Wildman–Crippen MR) is 112 cm³/mol. The van der Waals surface area contributed by atoms with Gasteiger partial charge in [0.1, 0.15) is 18.5 Å². The highest BCUT2D eigenvalue weighted by Gasteiger charge is 2.41. The standard InChI is InChI=1S/C19H22F3N7O3S/c1-33(31,32)28-6-3-18(4-7-28,8-15(30)24-11-19(20,21)22)29-10-13(9-27-29)16-14-2-5-23-17(14)26-12-25-16/h2,5,9-10,12H,3-4,6-8,11H2,1H3,(H,24,30)(H,23,25,26). The van der Waals surface area contributed by atoms with Crippen molar-refractivity contribution < 1.29 is 26.4 Å². The lowest BCUT2D eigenvalue weighted by Crippen LogP contribution is -2.50. The highest BCUT2D eigenvalue weighted by atomic mass is 32.2. The van der Waals surface area contributed by atoms with Gasteiger partial charge in [0.05, 0.1) is 30.1 Å². The van der Waals surface area contributed by atoms with E-state index in [0.29, 0.717) is 16.9 Å². The third kappa shape index (κ3) is 5.00. The lowest BCUT2D eigenvalue weighted by molar-refractivity contribution is -0.140. The van der Waals surface area contributed by atoms with Crippen LogP contribution >= 0.6 is 0 Å². The van der Waals surface area contributed by atoms with E-state index < -0.39 is 34.2 Å². The van der Waals surface area contributed by atoms with E-state index in [0.717, 1.165) is 11.6 Å². The summed E-state index contributed by atoms with van der Waals surface area (Å²) in [5.74, 6) is -0.785. The molecule has 33 heavy (non-hydrogen) atoms. The zero-order chi connectivity index (χ0) is 23.9. The summed E-state index contributed by atoms with van der Waals surface area (Å²) in [5.41, 5.74) is 0.898. The predicted octanol–water partition coefficient (Wildman–Crippen LogP) is 1.64. The van der Waals surface area contributed by atoms with Crippen molar-refractivity contribution in [1.29, 1.82) is 0 Å². The number of aromatic amines is 1. The van der Waals surface area contributed by atoms with Crippen LogP contribution in [-0.2, 0) is 20.4 Å². The van der Waals surface area contributed by atoms with Crippen molar-refractivity contribution in [2.24, 2.45) is 0 Å². The number of carbonyl (C=O) groups is 1. The summed E-state index contributed by atoms with van der Waals surface area (Å²) in [6.45, 7) is -1.19. The van der Waals surface area contributed by atoms with Gasteiger partial charge in [0.2, 0.25) is 15.9 Å². The van der Waals surface area contributed by atoms with Crippen molar-refractivity contribution in [3.05, 3.63) is 31.0 Å². The van der Waals surface area contributed by atoms with E-state index in [1.54, 1.807) is 23.3 Å². The molecule has 0 radical (unpaired) electrons. The number of nitrogens with one attached hydrogen (secondary N) is 2. The van der Waals surface area contributed by atoms with E-state index in [1.807, 2.05) is 11.4 Å². The number of hydrogen-bond acceptors (Lipinski definition) is 6. The van der Waals surface area contributed by atoms with Crippen LogP contribution in [0.25, 0.3) is 22.3 Å². The minimum absolute atomic E-state index is 0.121. The summed E-state index contributed by atoms with van der Waals surface area (Å²) >= 11 is 0. The Morgan fingerprint density at radius 3 is 2.67 bits per heavy atom. The molecular formula is C19H22F3N7O3S. The lowest BCUT2D eigenvalue weighted by atomic mass is 9.84. The minimum Gasteiger partial charge on any atom is -0.347 e. The molecule has 0 unspecified atom stereocenters. The number of amides is 1. The second-order valence-corrected chi connectivity index (χ2v) is 10.1. The minimum atomic E-state index is -4.53. The molecule has 0 bridgehead atoms. The number of nitrogens with zero attached hydrogens (tertiary/aromatic N) is 5. The number of H-pyrrole nitrogens is 1. The second kappa shape index (κ2) is 8.41. The van der Waals surface area contributed by atoms with Crippen LogP contribution in [0.5, 0.6) is 0 Å². The maximum Gasteiger partial charge on any atom is 0.405 e. The van der Waals surface area contributed by atoms with E-state index >= 15 is 0 Å². The van der Waals surface area contributed by atoms with Crippen LogP contribution < -0.4 is 5.32 Å². The van der Waals surface area contributed by atoms with Gasteiger partial charge in [-0.3, -0.25) is 9.48 Å². The van der Waals surface area contributed by atoms with Crippen molar-refractivity contribution in [1.82, 2.24) is 34.4 Å². The van der Waals surface area contributed by atoms with Crippen LogP contribution in [0.2, 0.25) is 0 Å². The van der Waals surface area contributed by atoms with Crippen molar-refractivity contribution in [2.75, 3.05) is 25.9 Å². The topological polar surface area (TPSA) is 126 Å². The summed E-state index contributed by atoms with van der Waals surface area (Å²) in [4.78, 5) is 23.9. The zero-order valence-corrected chi connectivity index (χ0v) is 18.4. The third-order valence-corrected chi connectivity index (χ3v) is 7.10. The molecular weight excluding hydrogens is 463 g/mol. The van der Waals surface area contributed by atoms with E-state index in [-0.39, 0.29) is 32.4 Å². The van der Waals surface area contributed by atoms with Gasteiger partial charge in [-0.2, -0.15) is 18.3 Å². The van der Waals surface area contributed by atoms with Crippen molar-refractivity contribution in [3.8, 4) is 11.3 Å². The molecule has 0 atom stereocenters. The zero-order valence-electron chi connectivity index (χ0n) is 17.6. The van der Waals surface area contributed by atoms with Crippen LogP contribution in [0.1, 0.15) is 19.3 Å². The van der Waals surface area contributed by atoms with Gasteiger partial charge in [-0.1, -0.05) is 0 Å². The van der Waals surface area contributed by atoms with Crippen molar-refractivity contribution in [3.63, 3.8) is 0 Å². The Labute approximate surface area is 187 Å². The molecule has 1 aliphatic heterocycles. The van der Waals surface area contributed by atoms with Gasteiger partial charge >= 0.3 is 6.18 Å². The van der Waals surface area contributed by atoms with Gasteiger partial charge in [0.25, 0.3) is 0 Å². The van der Waals surface area contributed by atoms with Gasteiger partial charge in [-0.05, 0) is 18.9 Å². The van der Waals surface area contributed by atoms with Gasteiger partial charge in [0.15, 0.2) is 0 Å². The van der Waals surface area contributed by atoms with Crippen molar-refractivity contribution in [2.45, 2.75) is 31.0 Å². The van der Waals surface area contributed by atoms with Gasteiger partial charge in [-0.15, -0.1) is 0 Å². The number of alkyl halides is 3. The summed E-state index contributed by atoms with van der Waals surface area (Å²) in [7, 11) is -3.44. The first-order valence-electron chi connectivity index (χ1n) is 10.1. The van der Waals surface area contributed by atoms with Crippen LogP contribution in [0.4, 0.5) is 13.2 Å². The third-order valence-electron chi connectivity index (χ3n) is 5.79. The Balaban J connectivity index is 1.64. The Hall–Kier alpha value is -3.00. The van der Waals surface area contributed by atoms with Crippen LogP contribution in [0.3, 0.4) is 0 Å². The van der Waals surface area contributed by atoms with Crippen LogP contribution in [0.15, 0.2) is 31.0 Å². The maximum atomic E-state index is 12.6. The molecule has 1 fully saturated rings. The molecule has 1 saturated heterocycles. The number of aromatic nitrogens is 5. The first-order chi connectivity index (χ1) is 15.5. The highest BCUT2D eigenvalue weighted by molar-refractivity contribution is 7.88. The number of rotatable bonds is 6. The molecule has 3 aromatic heterocycles. The fraction of sp³-hybridized carbons (Fsp3) is 0.474. The Kier molecular flexibility index (Phi) is 5.90. The normalized spacial score (nSPS) is 17.3. The Morgan fingerprint density at radius 2 is 2.00 bits per heavy atom. The molecule has 4 rings (SSSR count). The van der Waals surface area contributed by atoms with Crippen LogP contribution in [-0.4, -0.2) is 75.4 Å². The molecule has 14 heteroatoms. The smallest absolute Gasteiger partial charge is 0.347 e. The average molecular weight is 485 g/mol. The number of fused-ring (bicyclic) bond motifs is 1. The first kappa shape index (κ1) is 23.2. The lowest BCUT2D eigenvalue weighted by Gasteiger charge is -2.40. The molecule has 1 amide bonds. The Bertz CT molecular complexity index is 1260. The average Bonchev–Trinajstić information content (AvgIpc) is 3.41. The van der Waals surface area contributed by atoms with Crippen molar-refractivity contribution >= 4 is 27.0 Å². The van der Waals surface area contributed by atoms with E-state index in [4.69, 9.17) is 0 Å². The highest BCUT2D eigenvalue weighted by Crippen LogP contribution is 2.36. The summed E-state index contributed by atoms with van der Waals surface area (Å²) < 4.78 is 64.4. The number of sulfonamides is 1.